The van der Waals surface area contributed by atoms with Crippen molar-refractivity contribution in [3.63, 3.8) is 0 Å². The third-order valence-electron chi connectivity index (χ3n) is 6.02. The summed E-state index contributed by atoms with van der Waals surface area (Å²) >= 11 is 0. The fraction of sp³-hybridized carbons (Fsp3) is 0.364. The standard InChI is InChI=1S/C22H23N3O3/c1-28-19-5-3-2-4-18(19)23-8-10-24(11-9-23)22(27)17-12-15-6-7-25-20(26)14-16(13-17)21(15)25/h2-5,12-13H,6-11,14H2,1H3. The lowest BCUT2D eigenvalue weighted by atomic mass is 10.0. The molecule has 2 aromatic rings. The summed E-state index contributed by atoms with van der Waals surface area (Å²) < 4.78 is 5.47. The highest BCUT2D eigenvalue weighted by Crippen LogP contribution is 2.38. The van der Waals surface area contributed by atoms with Crippen LogP contribution in [-0.4, -0.2) is 56.5 Å². The fourth-order valence-electron chi connectivity index (χ4n) is 4.63. The van der Waals surface area contributed by atoms with Crippen molar-refractivity contribution in [1.82, 2.24) is 4.90 Å². The SMILES string of the molecule is COc1ccccc1N1CCN(C(=O)c2cc3c4c(c2)CC(=O)N4CC3)CC1. The zero-order chi connectivity index (χ0) is 19.3. The number of methoxy groups -OCH3 is 1. The second-order valence-electron chi connectivity index (χ2n) is 7.57. The summed E-state index contributed by atoms with van der Waals surface area (Å²) in [6, 6.07) is 11.9. The summed E-state index contributed by atoms with van der Waals surface area (Å²) in [7, 11) is 1.68. The van der Waals surface area contributed by atoms with E-state index in [0.29, 0.717) is 19.5 Å². The van der Waals surface area contributed by atoms with E-state index in [1.54, 1.807) is 7.11 Å². The average Bonchev–Trinajstić information content (AvgIpc) is 3.31. The Labute approximate surface area is 164 Å². The van der Waals surface area contributed by atoms with Crippen molar-refractivity contribution < 1.29 is 14.3 Å². The molecule has 6 nitrogen and oxygen atoms in total. The molecule has 5 rings (SSSR count). The summed E-state index contributed by atoms with van der Waals surface area (Å²) in [4.78, 5) is 31.3. The maximum absolute atomic E-state index is 13.1. The predicted octanol–water partition coefficient (Wildman–Crippen LogP) is 2.10. The van der Waals surface area contributed by atoms with E-state index >= 15 is 0 Å². The van der Waals surface area contributed by atoms with Gasteiger partial charge in [0.1, 0.15) is 5.75 Å². The smallest absolute Gasteiger partial charge is 0.253 e. The minimum absolute atomic E-state index is 0.0662. The van der Waals surface area contributed by atoms with Crippen LogP contribution in [0.1, 0.15) is 21.5 Å². The highest BCUT2D eigenvalue weighted by Gasteiger charge is 2.35. The fourth-order valence-corrected chi connectivity index (χ4v) is 4.63. The monoisotopic (exact) mass is 377 g/mol. The van der Waals surface area contributed by atoms with Gasteiger partial charge < -0.3 is 19.4 Å². The van der Waals surface area contributed by atoms with E-state index < -0.39 is 0 Å². The Bertz CT molecular complexity index is 963. The van der Waals surface area contributed by atoms with Gasteiger partial charge in [0.05, 0.1) is 24.9 Å². The summed E-state index contributed by atoms with van der Waals surface area (Å²) in [5.41, 5.74) is 5.00. The van der Waals surface area contributed by atoms with Gasteiger partial charge in [-0.3, -0.25) is 9.59 Å². The van der Waals surface area contributed by atoms with E-state index in [9.17, 15) is 9.59 Å². The molecule has 0 saturated carbocycles. The van der Waals surface area contributed by atoms with E-state index in [4.69, 9.17) is 4.74 Å². The molecule has 0 bridgehead atoms. The van der Waals surface area contributed by atoms with Crippen LogP contribution in [0.15, 0.2) is 36.4 Å². The maximum atomic E-state index is 13.1. The quantitative estimate of drug-likeness (QED) is 0.822. The van der Waals surface area contributed by atoms with Crippen LogP contribution in [0.25, 0.3) is 0 Å². The van der Waals surface area contributed by atoms with Crippen molar-refractivity contribution in [3.05, 3.63) is 53.1 Å². The van der Waals surface area contributed by atoms with Crippen LogP contribution in [0, 0.1) is 0 Å². The van der Waals surface area contributed by atoms with Gasteiger partial charge in [0.15, 0.2) is 0 Å². The molecular formula is C22H23N3O3. The molecule has 0 spiro atoms. The van der Waals surface area contributed by atoms with Gasteiger partial charge in [-0.05, 0) is 41.8 Å². The number of hydrogen-bond acceptors (Lipinski definition) is 4. The normalized spacial score (nSPS) is 17.9. The second-order valence-corrected chi connectivity index (χ2v) is 7.57. The van der Waals surface area contributed by atoms with Gasteiger partial charge >= 0.3 is 0 Å². The van der Waals surface area contributed by atoms with Crippen LogP contribution in [0.2, 0.25) is 0 Å². The summed E-state index contributed by atoms with van der Waals surface area (Å²) in [6.45, 7) is 3.64. The van der Waals surface area contributed by atoms with Gasteiger partial charge in [-0.15, -0.1) is 0 Å². The minimum atomic E-state index is 0.0662. The molecule has 3 aliphatic rings. The number of amides is 2. The van der Waals surface area contributed by atoms with Crippen molar-refractivity contribution in [2.45, 2.75) is 12.8 Å². The Morgan fingerprint density at radius 1 is 1.00 bits per heavy atom. The molecule has 0 radical (unpaired) electrons. The molecule has 1 saturated heterocycles. The molecule has 28 heavy (non-hydrogen) atoms. The van der Waals surface area contributed by atoms with Crippen molar-refractivity contribution in [3.8, 4) is 5.75 Å². The maximum Gasteiger partial charge on any atom is 0.253 e. The Kier molecular flexibility index (Phi) is 4.00. The zero-order valence-corrected chi connectivity index (χ0v) is 16.0. The van der Waals surface area contributed by atoms with Gasteiger partial charge in [0.2, 0.25) is 5.91 Å². The topological polar surface area (TPSA) is 53.1 Å². The summed E-state index contributed by atoms with van der Waals surface area (Å²) in [6.07, 6.45) is 1.27. The number of carbonyl (C=O) groups is 2. The number of para-hydroxylation sites is 2. The lowest BCUT2D eigenvalue weighted by Gasteiger charge is -2.36. The molecule has 3 aliphatic heterocycles. The summed E-state index contributed by atoms with van der Waals surface area (Å²) in [5, 5.41) is 0. The molecule has 0 atom stereocenters. The van der Waals surface area contributed by atoms with Gasteiger partial charge in [-0.1, -0.05) is 12.1 Å². The first-order valence-corrected chi connectivity index (χ1v) is 9.79. The molecule has 0 N–H and O–H groups in total. The Morgan fingerprint density at radius 3 is 2.54 bits per heavy atom. The first-order valence-electron chi connectivity index (χ1n) is 9.79. The molecule has 3 heterocycles. The number of ether oxygens (including phenoxy) is 1. The molecule has 144 valence electrons. The van der Waals surface area contributed by atoms with Crippen molar-refractivity contribution >= 4 is 23.2 Å². The van der Waals surface area contributed by atoms with Gasteiger partial charge in [-0.2, -0.15) is 0 Å². The third-order valence-corrected chi connectivity index (χ3v) is 6.02. The van der Waals surface area contributed by atoms with Crippen molar-refractivity contribution in [2.24, 2.45) is 0 Å². The first-order chi connectivity index (χ1) is 13.7. The number of piperazine rings is 1. The van der Waals surface area contributed by atoms with Crippen LogP contribution in [0.5, 0.6) is 5.75 Å². The second kappa shape index (κ2) is 6.55. The highest BCUT2D eigenvalue weighted by molar-refractivity contribution is 6.05. The Morgan fingerprint density at radius 2 is 1.75 bits per heavy atom. The van der Waals surface area contributed by atoms with Gasteiger partial charge in [0, 0.05) is 38.3 Å². The predicted molar refractivity (Wildman–Crippen MR) is 107 cm³/mol. The van der Waals surface area contributed by atoms with E-state index in [1.165, 1.54) is 0 Å². The number of anilines is 2. The average molecular weight is 377 g/mol. The van der Waals surface area contributed by atoms with E-state index in [-0.39, 0.29) is 11.8 Å². The molecule has 2 aromatic carbocycles. The molecule has 6 heteroatoms. The first kappa shape index (κ1) is 17.1. The van der Waals surface area contributed by atoms with Crippen molar-refractivity contribution in [2.75, 3.05) is 49.6 Å². The third kappa shape index (κ3) is 2.63. The molecule has 2 amide bonds. The number of hydrogen-bond donors (Lipinski definition) is 0. The lowest BCUT2D eigenvalue weighted by molar-refractivity contribution is -0.117. The van der Waals surface area contributed by atoms with Crippen LogP contribution < -0.4 is 14.5 Å². The Balaban J connectivity index is 1.32. The highest BCUT2D eigenvalue weighted by atomic mass is 16.5. The largest absolute Gasteiger partial charge is 0.495 e. The number of carbonyl (C=O) groups excluding carboxylic acids is 2. The zero-order valence-electron chi connectivity index (χ0n) is 16.0. The van der Waals surface area contributed by atoms with Crippen LogP contribution in [-0.2, 0) is 17.6 Å². The van der Waals surface area contributed by atoms with Gasteiger partial charge in [-0.25, -0.2) is 0 Å². The Hall–Kier alpha value is -3.02. The van der Waals surface area contributed by atoms with Crippen molar-refractivity contribution in [1.29, 1.82) is 0 Å². The minimum Gasteiger partial charge on any atom is -0.495 e. The van der Waals surface area contributed by atoms with Crippen LogP contribution in [0.4, 0.5) is 11.4 Å². The molecule has 0 aliphatic carbocycles. The van der Waals surface area contributed by atoms with E-state index in [0.717, 1.165) is 59.9 Å². The molecule has 1 fully saturated rings. The molecule has 0 aromatic heterocycles. The van der Waals surface area contributed by atoms with Crippen LogP contribution >= 0.6 is 0 Å². The molecular weight excluding hydrogens is 354 g/mol. The lowest BCUT2D eigenvalue weighted by Crippen LogP contribution is -2.48. The van der Waals surface area contributed by atoms with E-state index in [1.807, 2.05) is 40.1 Å². The van der Waals surface area contributed by atoms with Gasteiger partial charge in [0.25, 0.3) is 5.91 Å². The number of nitrogens with zero attached hydrogens (tertiary/aromatic N) is 3. The molecule has 0 unspecified atom stereocenters. The number of rotatable bonds is 3. The van der Waals surface area contributed by atoms with E-state index in [2.05, 4.69) is 11.0 Å². The van der Waals surface area contributed by atoms with Crippen LogP contribution in [0.3, 0.4) is 0 Å². The summed E-state index contributed by atoms with van der Waals surface area (Å²) in [5.74, 6) is 1.08. The number of benzene rings is 2.